The lowest BCUT2D eigenvalue weighted by atomic mass is 10.4. The van der Waals surface area contributed by atoms with Crippen LogP contribution in [0, 0.1) is 0 Å². The second-order valence-corrected chi connectivity index (χ2v) is 3.81. The van der Waals surface area contributed by atoms with E-state index in [1.54, 1.807) is 12.5 Å². The number of hydrogen-bond donors (Lipinski definition) is 1. The van der Waals surface area contributed by atoms with Crippen LogP contribution in [0.25, 0.3) is 0 Å². The Morgan fingerprint density at radius 3 is 2.20 bits per heavy atom. The van der Waals surface area contributed by atoms with Gasteiger partial charge in [0.25, 0.3) is 0 Å². The molecule has 0 radical (unpaired) electrons. The van der Waals surface area contributed by atoms with E-state index in [1.165, 1.54) is 0 Å². The zero-order chi connectivity index (χ0) is 7.98. The van der Waals surface area contributed by atoms with Crippen molar-refractivity contribution in [2.45, 2.75) is 12.6 Å². The van der Waals surface area contributed by atoms with Crippen LogP contribution in [0.15, 0.2) is 0 Å². The van der Waals surface area contributed by atoms with E-state index in [9.17, 15) is 8.94 Å². The van der Waals surface area contributed by atoms with Gasteiger partial charge in [-0.15, -0.1) is 0 Å². The number of rotatable bonds is 0. The highest BCUT2D eigenvalue weighted by molar-refractivity contribution is 7.89. The van der Waals surface area contributed by atoms with Gasteiger partial charge < -0.3 is 9.87 Å². The van der Waals surface area contributed by atoms with Gasteiger partial charge in [0.05, 0.1) is 12.5 Å². The first-order valence-corrected chi connectivity index (χ1v) is 5.19. The third-order valence-corrected chi connectivity index (χ3v) is 1.00. The predicted octanol–water partition coefficient (Wildman–Crippen LogP) is 0.312. The first kappa shape index (κ1) is 10.2. The molecule has 1 rings (SSSR count). The van der Waals surface area contributed by atoms with Gasteiger partial charge in [-0.1, -0.05) is 11.2 Å². The van der Waals surface area contributed by atoms with Crippen LogP contribution >= 0.6 is 0 Å². The molecule has 1 atom stereocenters. The van der Waals surface area contributed by atoms with E-state index in [0.717, 1.165) is 6.54 Å². The van der Waals surface area contributed by atoms with Gasteiger partial charge in [0.1, 0.15) is 6.17 Å². The second kappa shape index (κ2) is 5.95. The average Bonchev–Trinajstić information content (AvgIpc) is 2.15. The molecule has 1 N–H and O–H groups in total. The van der Waals surface area contributed by atoms with Crippen molar-refractivity contribution in [3.63, 3.8) is 0 Å². The van der Waals surface area contributed by atoms with Gasteiger partial charge >= 0.3 is 0 Å². The van der Waals surface area contributed by atoms with Gasteiger partial charge in [0.2, 0.25) is 0 Å². The maximum atomic E-state index is 11.9. The summed E-state index contributed by atoms with van der Waals surface area (Å²) in [6.07, 6.45) is 3.42. The highest BCUT2D eigenvalue weighted by Gasteiger charge is 2.10. The summed E-state index contributed by atoms with van der Waals surface area (Å²) in [5, 5.41) is 2.90. The minimum atomic E-state index is -0.611. The summed E-state index contributed by atoms with van der Waals surface area (Å²) in [7, 11) is 0. The fraction of sp³-hybridized carbons (Fsp3) is 1.00. The van der Waals surface area contributed by atoms with Gasteiger partial charge in [0, 0.05) is 6.54 Å². The van der Waals surface area contributed by atoms with E-state index in [0.29, 0.717) is 13.0 Å². The molecular formula is C6H14FNOS. The highest BCUT2D eigenvalue weighted by Crippen LogP contribution is 1.99. The van der Waals surface area contributed by atoms with E-state index in [-0.39, 0.29) is 0 Å². The lowest BCUT2D eigenvalue weighted by molar-refractivity contribution is 0.361. The van der Waals surface area contributed by atoms with Crippen molar-refractivity contribution in [2.24, 2.45) is 0 Å². The van der Waals surface area contributed by atoms with Gasteiger partial charge in [-0.2, -0.15) is 0 Å². The molecule has 0 aliphatic carbocycles. The van der Waals surface area contributed by atoms with Crippen LogP contribution in [-0.4, -0.2) is 36.3 Å². The predicted molar refractivity (Wildman–Crippen MR) is 42.4 cm³/mol. The monoisotopic (exact) mass is 167 g/mol. The molecule has 0 spiro atoms. The molecule has 0 bridgehead atoms. The van der Waals surface area contributed by atoms with Crippen molar-refractivity contribution in [2.75, 3.05) is 25.6 Å². The topological polar surface area (TPSA) is 35.1 Å². The summed E-state index contributed by atoms with van der Waals surface area (Å²) in [5.74, 6) is 0. The molecule has 1 heterocycles. The highest BCUT2D eigenvalue weighted by atomic mass is 32.2. The lowest BCUT2D eigenvalue weighted by Crippen LogP contribution is -2.08. The van der Waals surface area contributed by atoms with Crippen molar-refractivity contribution >= 4 is 11.2 Å². The van der Waals surface area contributed by atoms with Crippen LogP contribution in [0.1, 0.15) is 6.42 Å². The van der Waals surface area contributed by atoms with Crippen molar-refractivity contribution in [1.29, 1.82) is 0 Å². The molecule has 1 fully saturated rings. The summed E-state index contributed by atoms with van der Waals surface area (Å²) in [4.78, 5) is 0. The molecule has 10 heavy (non-hydrogen) atoms. The Morgan fingerprint density at radius 2 is 2.10 bits per heavy atom. The molecule has 0 aromatic carbocycles. The Hall–Kier alpha value is 0.200. The van der Waals surface area contributed by atoms with Gasteiger partial charge in [-0.25, -0.2) is 4.39 Å². The molecule has 1 aliphatic rings. The normalized spacial score (nSPS) is 24.3. The van der Waals surface area contributed by atoms with Crippen molar-refractivity contribution in [3.05, 3.63) is 0 Å². The Morgan fingerprint density at radius 1 is 1.60 bits per heavy atom. The maximum Gasteiger partial charge on any atom is 0.114 e. The molecule has 1 unspecified atom stereocenters. The van der Waals surface area contributed by atoms with Crippen LogP contribution < -0.4 is 5.32 Å². The quantitative estimate of drug-likeness (QED) is 0.527. The molecule has 4 heteroatoms. The standard InChI is InChI=1S/C4H8FN.C2H6OS/c5-4-1-2-6-3-4;1-4(2)3/h4,6H,1-3H2;1-2H3. The zero-order valence-corrected chi connectivity index (χ0v) is 7.21. The number of hydrogen-bond acceptors (Lipinski definition) is 2. The second-order valence-electron chi connectivity index (χ2n) is 2.33. The minimum Gasteiger partial charge on any atom is -0.617 e. The van der Waals surface area contributed by atoms with Crippen molar-refractivity contribution in [3.8, 4) is 0 Å². The minimum absolute atomic E-state index is 0.565. The molecule has 1 aliphatic heterocycles. The molecular weight excluding hydrogens is 153 g/mol. The van der Waals surface area contributed by atoms with Crippen LogP contribution in [-0.2, 0) is 11.2 Å². The molecule has 0 saturated carbocycles. The summed E-state index contributed by atoms with van der Waals surface area (Å²) >= 11 is -0.611. The van der Waals surface area contributed by atoms with Crippen LogP contribution in [0.4, 0.5) is 4.39 Å². The van der Waals surface area contributed by atoms with Crippen LogP contribution in [0.5, 0.6) is 0 Å². The number of nitrogens with one attached hydrogen (secondary N) is 1. The zero-order valence-electron chi connectivity index (χ0n) is 6.39. The van der Waals surface area contributed by atoms with E-state index in [4.69, 9.17) is 0 Å². The largest absolute Gasteiger partial charge is 0.617 e. The SMILES string of the molecule is C[S+](C)[O-].FC1CCNC1. The third-order valence-electron chi connectivity index (χ3n) is 1.00. The summed E-state index contributed by atoms with van der Waals surface area (Å²) in [6.45, 7) is 1.43. The Bertz CT molecular complexity index is 73.4. The summed E-state index contributed by atoms with van der Waals surface area (Å²) in [5.41, 5.74) is 0. The van der Waals surface area contributed by atoms with E-state index >= 15 is 0 Å². The smallest absolute Gasteiger partial charge is 0.114 e. The third kappa shape index (κ3) is 8.20. The Labute approximate surface area is 64.4 Å². The fourth-order valence-corrected chi connectivity index (χ4v) is 0.619. The first-order valence-electron chi connectivity index (χ1n) is 3.22. The Balaban J connectivity index is 0.000000180. The van der Waals surface area contributed by atoms with E-state index < -0.39 is 17.3 Å². The van der Waals surface area contributed by atoms with Crippen molar-refractivity contribution < 1.29 is 8.94 Å². The van der Waals surface area contributed by atoms with Gasteiger partial charge in [-0.3, -0.25) is 0 Å². The van der Waals surface area contributed by atoms with Crippen LogP contribution in [0.3, 0.4) is 0 Å². The number of alkyl halides is 1. The van der Waals surface area contributed by atoms with Gasteiger partial charge in [-0.05, 0) is 13.0 Å². The summed E-state index contributed by atoms with van der Waals surface area (Å²) < 4.78 is 21.4. The molecule has 0 aromatic heterocycles. The number of halogens is 1. The molecule has 2 nitrogen and oxygen atoms in total. The van der Waals surface area contributed by atoms with Gasteiger partial charge in [0.15, 0.2) is 0 Å². The molecule has 0 aromatic rings. The summed E-state index contributed by atoms with van der Waals surface area (Å²) in [6, 6.07) is 0. The lowest BCUT2D eigenvalue weighted by Gasteiger charge is -1.87. The fourth-order valence-electron chi connectivity index (χ4n) is 0.619. The maximum absolute atomic E-state index is 11.9. The van der Waals surface area contributed by atoms with Crippen LogP contribution in [0.2, 0.25) is 0 Å². The van der Waals surface area contributed by atoms with E-state index in [2.05, 4.69) is 5.32 Å². The molecule has 0 amide bonds. The molecule has 1 saturated heterocycles. The molecule has 62 valence electrons. The van der Waals surface area contributed by atoms with Crippen molar-refractivity contribution in [1.82, 2.24) is 5.32 Å². The average molecular weight is 167 g/mol. The Kier molecular flexibility index (Phi) is 6.06. The van der Waals surface area contributed by atoms with E-state index in [1.807, 2.05) is 0 Å². The first-order chi connectivity index (χ1) is 4.63.